The van der Waals surface area contributed by atoms with Crippen LogP contribution in [0.2, 0.25) is 0 Å². The van der Waals surface area contributed by atoms with Gasteiger partial charge in [0, 0.05) is 55.1 Å². The number of halogens is 1. The molecule has 0 saturated heterocycles. The van der Waals surface area contributed by atoms with Crippen molar-refractivity contribution in [2.24, 2.45) is 5.41 Å². The van der Waals surface area contributed by atoms with Crippen molar-refractivity contribution in [3.63, 3.8) is 0 Å². The number of nitrogens with zero attached hydrogens (tertiary/aromatic N) is 3. The number of unbranched alkanes of at least 4 members (excludes halogenated alkanes) is 1. The summed E-state index contributed by atoms with van der Waals surface area (Å²) in [7, 11) is 1.65. The Balaban J connectivity index is 2.16. The molecule has 6 nitrogen and oxygen atoms in total. The van der Waals surface area contributed by atoms with Crippen LogP contribution in [-0.2, 0) is 27.4 Å². The summed E-state index contributed by atoms with van der Waals surface area (Å²) in [6.45, 7) is 10.9. The van der Waals surface area contributed by atoms with Crippen molar-refractivity contribution in [3.05, 3.63) is 58.3 Å². The monoisotopic (exact) mass is 533 g/mol. The predicted molar refractivity (Wildman–Crippen MR) is 141 cm³/mol. The molecule has 188 valence electrons. The number of benzene rings is 1. The Kier molecular flexibility index (Phi) is 11.3. The molecular formula is C27H40BrN3O3. The zero-order valence-corrected chi connectivity index (χ0v) is 22.9. The molecule has 0 saturated carbocycles. The predicted octanol–water partition coefficient (Wildman–Crippen LogP) is 5.34. The van der Waals surface area contributed by atoms with Crippen LogP contribution in [0.25, 0.3) is 0 Å². The third-order valence-corrected chi connectivity index (χ3v) is 6.24. The van der Waals surface area contributed by atoms with E-state index in [9.17, 15) is 9.59 Å². The van der Waals surface area contributed by atoms with Gasteiger partial charge in [-0.05, 0) is 42.7 Å². The second-order valence-corrected chi connectivity index (χ2v) is 10.7. The topological polar surface area (TPSA) is 54.8 Å². The van der Waals surface area contributed by atoms with Crippen LogP contribution in [0.15, 0.2) is 47.1 Å². The summed E-state index contributed by atoms with van der Waals surface area (Å²) in [6, 6.07) is 12.4. The average Bonchev–Trinajstić information content (AvgIpc) is 3.22. The molecule has 0 aliphatic carbocycles. The molecule has 1 heterocycles. The second kappa shape index (κ2) is 13.7. The highest BCUT2D eigenvalue weighted by Gasteiger charge is 2.29. The molecule has 0 spiro atoms. The van der Waals surface area contributed by atoms with Gasteiger partial charge in [0.15, 0.2) is 0 Å². The molecule has 2 rings (SSSR count). The van der Waals surface area contributed by atoms with Crippen LogP contribution in [-0.4, -0.2) is 59.5 Å². The number of amides is 2. The smallest absolute Gasteiger partial charge is 0.242 e. The minimum atomic E-state index is -0.541. The SMILES string of the molecule is CCCCN(Cc1cccn1Cc1ccc(Br)cc1)C(=O)CN(CCCOC)C(=O)C(C)(C)C. The third-order valence-electron chi connectivity index (χ3n) is 5.71. The lowest BCUT2D eigenvalue weighted by atomic mass is 9.94. The molecule has 0 unspecified atom stereocenters. The molecule has 0 atom stereocenters. The van der Waals surface area contributed by atoms with E-state index in [0.717, 1.165) is 29.6 Å². The Morgan fingerprint density at radius 2 is 1.71 bits per heavy atom. The fourth-order valence-electron chi connectivity index (χ4n) is 3.76. The van der Waals surface area contributed by atoms with Gasteiger partial charge in [-0.15, -0.1) is 0 Å². The van der Waals surface area contributed by atoms with E-state index in [-0.39, 0.29) is 18.4 Å². The van der Waals surface area contributed by atoms with Crippen molar-refractivity contribution >= 4 is 27.7 Å². The van der Waals surface area contributed by atoms with Gasteiger partial charge in [0.25, 0.3) is 0 Å². The van der Waals surface area contributed by atoms with Gasteiger partial charge >= 0.3 is 0 Å². The van der Waals surface area contributed by atoms with E-state index in [1.54, 1.807) is 12.0 Å². The van der Waals surface area contributed by atoms with Crippen molar-refractivity contribution in [3.8, 4) is 0 Å². The van der Waals surface area contributed by atoms with Gasteiger partial charge in [0.2, 0.25) is 11.8 Å². The average molecular weight is 535 g/mol. The first-order chi connectivity index (χ1) is 16.2. The van der Waals surface area contributed by atoms with Crippen LogP contribution < -0.4 is 0 Å². The summed E-state index contributed by atoms with van der Waals surface area (Å²) in [5.41, 5.74) is 1.74. The number of carbonyl (C=O) groups is 2. The maximum atomic E-state index is 13.4. The molecule has 7 heteroatoms. The highest BCUT2D eigenvalue weighted by atomic mass is 79.9. The zero-order chi connectivity index (χ0) is 25.1. The second-order valence-electron chi connectivity index (χ2n) is 9.75. The molecular weight excluding hydrogens is 494 g/mol. The fourth-order valence-corrected chi connectivity index (χ4v) is 4.02. The van der Waals surface area contributed by atoms with E-state index >= 15 is 0 Å². The van der Waals surface area contributed by atoms with E-state index in [4.69, 9.17) is 4.74 Å². The quantitative estimate of drug-likeness (QED) is 0.326. The number of aromatic nitrogens is 1. The minimum Gasteiger partial charge on any atom is -0.385 e. The molecule has 2 aromatic rings. The lowest BCUT2D eigenvalue weighted by molar-refractivity contribution is -0.146. The van der Waals surface area contributed by atoms with Gasteiger partial charge < -0.3 is 19.1 Å². The Hall–Kier alpha value is -2.12. The molecule has 1 aromatic carbocycles. The molecule has 0 bridgehead atoms. The van der Waals surface area contributed by atoms with Gasteiger partial charge in [-0.25, -0.2) is 0 Å². The van der Waals surface area contributed by atoms with E-state index in [1.165, 1.54) is 5.56 Å². The summed E-state index contributed by atoms with van der Waals surface area (Å²) < 4.78 is 8.41. The Morgan fingerprint density at radius 3 is 2.32 bits per heavy atom. The number of hydrogen-bond acceptors (Lipinski definition) is 3. The number of carbonyl (C=O) groups excluding carboxylic acids is 2. The van der Waals surface area contributed by atoms with Crippen LogP contribution in [0.3, 0.4) is 0 Å². The third kappa shape index (κ3) is 8.91. The fraction of sp³-hybridized carbons (Fsp3) is 0.556. The van der Waals surface area contributed by atoms with Crippen LogP contribution in [0.5, 0.6) is 0 Å². The van der Waals surface area contributed by atoms with Crippen LogP contribution in [0, 0.1) is 5.41 Å². The highest BCUT2D eigenvalue weighted by molar-refractivity contribution is 9.10. The normalized spacial score (nSPS) is 11.5. The summed E-state index contributed by atoms with van der Waals surface area (Å²) >= 11 is 3.49. The Bertz CT molecular complexity index is 903. The van der Waals surface area contributed by atoms with E-state index in [1.807, 2.05) is 43.9 Å². The Morgan fingerprint density at radius 1 is 1.03 bits per heavy atom. The zero-order valence-electron chi connectivity index (χ0n) is 21.3. The molecule has 0 N–H and O–H groups in total. The molecule has 2 amide bonds. The highest BCUT2D eigenvalue weighted by Crippen LogP contribution is 2.19. The van der Waals surface area contributed by atoms with Gasteiger partial charge in [-0.3, -0.25) is 9.59 Å². The Labute approximate surface area is 213 Å². The summed E-state index contributed by atoms with van der Waals surface area (Å²) in [5, 5.41) is 0. The summed E-state index contributed by atoms with van der Waals surface area (Å²) in [5.74, 6) is -0.0223. The first-order valence-electron chi connectivity index (χ1n) is 12.1. The lowest BCUT2D eigenvalue weighted by Gasteiger charge is -2.32. The molecule has 34 heavy (non-hydrogen) atoms. The number of ether oxygens (including phenoxy) is 1. The van der Waals surface area contributed by atoms with Crippen molar-refractivity contribution in [1.29, 1.82) is 0 Å². The van der Waals surface area contributed by atoms with Crippen molar-refractivity contribution < 1.29 is 14.3 Å². The molecule has 0 aliphatic rings. The first-order valence-corrected chi connectivity index (χ1v) is 12.9. The lowest BCUT2D eigenvalue weighted by Crippen LogP contribution is -2.47. The largest absolute Gasteiger partial charge is 0.385 e. The maximum absolute atomic E-state index is 13.4. The number of methoxy groups -OCH3 is 1. The van der Waals surface area contributed by atoms with Crippen molar-refractivity contribution in [2.45, 2.75) is 60.0 Å². The minimum absolute atomic E-state index is 0.00833. The van der Waals surface area contributed by atoms with Gasteiger partial charge in [-0.1, -0.05) is 62.2 Å². The van der Waals surface area contributed by atoms with Gasteiger partial charge in [0.1, 0.15) is 0 Å². The maximum Gasteiger partial charge on any atom is 0.242 e. The molecule has 0 aliphatic heterocycles. The van der Waals surface area contributed by atoms with Gasteiger partial charge in [-0.2, -0.15) is 0 Å². The van der Waals surface area contributed by atoms with Crippen LogP contribution in [0.4, 0.5) is 0 Å². The number of hydrogen-bond donors (Lipinski definition) is 0. The van der Waals surface area contributed by atoms with Crippen LogP contribution in [0.1, 0.15) is 58.2 Å². The summed E-state index contributed by atoms with van der Waals surface area (Å²) in [4.78, 5) is 30.1. The van der Waals surface area contributed by atoms with Crippen LogP contribution >= 0.6 is 15.9 Å². The van der Waals surface area contributed by atoms with E-state index in [2.05, 4.69) is 51.8 Å². The van der Waals surface area contributed by atoms with E-state index in [0.29, 0.717) is 32.7 Å². The summed E-state index contributed by atoms with van der Waals surface area (Å²) in [6.07, 6.45) is 4.69. The molecule has 0 radical (unpaired) electrons. The van der Waals surface area contributed by atoms with E-state index < -0.39 is 5.41 Å². The molecule has 0 fully saturated rings. The molecule has 1 aromatic heterocycles. The van der Waals surface area contributed by atoms with Crippen molar-refractivity contribution in [2.75, 3.05) is 33.4 Å². The number of rotatable bonds is 13. The van der Waals surface area contributed by atoms with Gasteiger partial charge in [0.05, 0.1) is 13.1 Å². The first kappa shape index (κ1) is 28.1. The standard InChI is InChI=1S/C27H40BrN3O3/c1-6-7-15-30(25(32)21-31(17-9-18-34-5)26(33)27(2,3)4)20-24-10-8-16-29(24)19-22-11-13-23(28)14-12-22/h8,10-14,16H,6-7,9,15,17-21H2,1-5H3. The van der Waals surface area contributed by atoms with Crippen molar-refractivity contribution in [1.82, 2.24) is 14.4 Å².